The van der Waals surface area contributed by atoms with E-state index in [1.807, 2.05) is 26.0 Å². The Morgan fingerprint density at radius 3 is 2.17 bits per heavy atom. The number of benzene rings is 3. The summed E-state index contributed by atoms with van der Waals surface area (Å²) in [5.41, 5.74) is 1.94. The quantitative estimate of drug-likeness (QED) is 0.250. The third-order valence-electron chi connectivity index (χ3n) is 5.11. The Balaban J connectivity index is 0.000000269. The minimum atomic E-state index is -3.16. The maximum Gasteiger partial charge on any atom is 0.255 e. The largest absolute Gasteiger partial charge is 0.506 e. The van der Waals surface area contributed by atoms with Gasteiger partial charge in [0.05, 0.1) is 26.5 Å². The second-order valence-electron chi connectivity index (χ2n) is 7.65. The Labute approximate surface area is 215 Å². The number of carbonyl (C=O) groups is 2. The van der Waals surface area contributed by atoms with Gasteiger partial charge in [0.15, 0.2) is 9.84 Å². The van der Waals surface area contributed by atoms with Crippen molar-refractivity contribution in [1.82, 2.24) is 0 Å². The van der Waals surface area contributed by atoms with Crippen LogP contribution in [0.2, 0.25) is 10.0 Å². The molecule has 10 heteroatoms. The van der Waals surface area contributed by atoms with Crippen molar-refractivity contribution in [2.45, 2.75) is 37.3 Å². The van der Waals surface area contributed by atoms with Crippen LogP contribution in [-0.4, -0.2) is 31.1 Å². The Kier molecular flexibility index (Phi) is 10.1. The van der Waals surface area contributed by atoms with Crippen LogP contribution in [0.4, 0.5) is 11.4 Å². The van der Waals surface area contributed by atoms with Gasteiger partial charge < -0.3 is 15.7 Å². The van der Waals surface area contributed by atoms with Crippen molar-refractivity contribution in [3.05, 3.63) is 81.8 Å². The van der Waals surface area contributed by atoms with Crippen LogP contribution in [0.15, 0.2) is 65.6 Å². The van der Waals surface area contributed by atoms with Gasteiger partial charge in [0, 0.05) is 16.7 Å². The standard InChI is InChI=1S/C15H13ClN2O3.C10H13ClO2S/c1-9-2-4-10(5-3-9)15(21)18-13-6-11(16)12(17-8-19)7-14(13)20;1-3-8(2)14(12,13)10-6-4-9(11)5-7-10/h2-8,20H,1H3,(H,17,19)(H,18,21);4-8H,3H2,1-2H3. The average molecular weight is 537 g/mol. The lowest BCUT2D eigenvalue weighted by Crippen LogP contribution is -2.16. The van der Waals surface area contributed by atoms with Gasteiger partial charge >= 0.3 is 0 Å². The van der Waals surface area contributed by atoms with Gasteiger partial charge in [0.25, 0.3) is 5.91 Å². The Morgan fingerprint density at radius 1 is 1.03 bits per heavy atom. The number of rotatable bonds is 7. The third kappa shape index (κ3) is 7.71. The lowest BCUT2D eigenvalue weighted by molar-refractivity contribution is -0.105. The summed E-state index contributed by atoms with van der Waals surface area (Å²) in [6.07, 6.45) is 1.07. The monoisotopic (exact) mass is 536 g/mol. The SMILES string of the molecule is CCC(C)S(=O)(=O)c1ccc(Cl)cc1.Cc1ccc(C(=O)Nc2cc(Cl)c(NC=O)cc2O)cc1. The van der Waals surface area contributed by atoms with Gasteiger partial charge in [-0.2, -0.15) is 0 Å². The number of anilines is 2. The number of amides is 2. The van der Waals surface area contributed by atoms with Gasteiger partial charge in [0.2, 0.25) is 6.41 Å². The van der Waals surface area contributed by atoms with E-state index in [2.05, 4.69) is 10.6 Å². The fraction of sp³-hybridized carbons (Fsp3) is 0.200. The van der Waals surface area contributed by atoms with E-state index in [1.165, 1.54) is 12.1 Å². The fourth-order valence-electron chi connectivity index (χ4n) is 2.81. The molecule has 3 rings (SSSR count). The van der Waals surface area contributed by atoms with Crippen molar-refractivity contribution in [2.75, 3.05) is 10.6 Å². The molecule has 7 nitrogen and oxygen atoms in total. The van der Waals surface area contributed by atoms with Crippen LogP contribution in [0.3, 0.4) is 0 Å². The summed E-state index contributed by atoms with van der Waals surface area (Å²) in [5, 5.41) is 15.2. The van der Waals surface area contributed by atoms with E-state index in [0.29, 0.717) is 28.3 Å². The molecule has 0 saturated carbocycles. The minimum Gasteiger partial charge on any atom is -0.506 e. The molecule has 3 aromatic rings. The second-order valence-corrected chi connectivity index (χ2v) is 10.9. The van der Waals surface area contributed by atoms with Crippen LogP contribution >= 0.6 is 23.2 Å². The van der Waals surface area contributed by atoms with E-state index in [1.54, 1.807) is 43.3 Å². The molecule has 35 heavy (non-hydrogen) atoms. The first kappa shape index (κ1) is 28.2. The first-order chi connectivity index (χ1) is 16.5. The van der Waals surface area contributed by atoms with E-state index in [4.69, 9.17) is 23.2 Å². The number of hydrogen-bond acceptors (Lipinski definition) is 5. The van der Waals surface area contributed by atoms with Gasteiger partial charge in [-0.3, -0.25) is 9.59 Å². The number of halogens is 2. The van der Waals surface area contributed by atoms with Crippen molar-refractivity contribution in [3.8, 4) is 5.75 Å². The zero-order valence-corrected chi connectivity index (χ0v) is 21.7. The van der Waals surface area contributed by atoms with Crippen LogP contribution in [0.1, 0.15) is 36.2 Å². The maximum atomic E-state index is 12.1. The highest BCUT2D eigenvalue weighted by Gasteiger charge is 2.21. The highest BCUT2D eigenvalue weighted by molar-refractivity contribution is 7.92. The van der Waals surface area contributed by atoms with Crippen molar-refractivity contribution < 1.29 is 23.1 Å². The predicted octanol–water partition coefficient (Wildman–Crippen LogP) is 6.09. The van der Waals surface area contributed by atoms with Crippen LogP contribution < -0.4 is 10.6 Å². The molecule has 0 aromatic heterocycles. The number of hydrogen-bond donors (Lipinski definition) is 3. The van der Waals surface area contributed by atoms with Crippen molar-refractivity contribution in [3.63, 3.8) is 0 Å². The Morgan fingerprint density at radius 2 is 1.63 bits per heavy atom. The zero-order chi connectivity index (χ0) is 26.2. The van der Waals surface area contributed by atoms with Crippen LogP contribution in [0.25, 0.3) is 0 Å². The van der Waals surface area contributed by atoms with Crippen LogP contribution in [0, 0.1) is 6.92 Å². The van der Waals surface area contributed by atoms with Gasteiger partial charge in [-0.25, -0.2) is 8.42 Å². The number of aromatic hydroxyl groups is 1. The molecule has 0 spiro atoms. The van der Waals surface area contributed by atoms with Crippen LogP contribution in [0.5, 0.6) is 5.75 Å². The average Bonchev–Trinajstić information content (AvgIpc) is 2.83. The van der Waals surface area contributed by atoms with Crippen LogP contribution in [-0.2, 0) is 14.6 Å². The summed E-state index contributed by atoms with van der Waals surface area (Å²) in [6, 6.07) is 15.9. The lowest BCUT2D eigenvalue weighted by Gasteiger charge is -2.10. The molecule has 0 heterocycles. The summed E-state index contributed by atoms with van der Waals surface area (Å²) in [7, 11) is -3.16. The number of sulfone groups is 1. The molecule has 0 radical (unpaired) electrons. The van der Waals surface area contributed by atoms with E-state index in [9.17, 15) is 23.1 Å². The first-order valence-electron chi connectivity index (χ1n) is 10.6. The number of phenols is 1. The number of aryl methyl sites for hydroxylation is 1. The van der Waals surface area contributed by atoms with Gasteiger partial charge in [-0.1, -0.05) is 47.8 Å². The minimum absolute atomic E-state index is 0.169. The van der Waals surface area contributed by atoms with E-state index in [0.717, 1.165) is 5.56 Å². The summed E-state index contributed by atoms with van der Waals surface area (Å²) < 4.78 is 23.7. The summed E-state index contributed by atoms with van der Waals surface area (Å²) in [5.74, 6) is -0.554. The number of nitrogens with one attached hydrogen (secondary N) is 2. The molecular formula is C25H26Cl2N2O5S. The zero-order valence-electron chi connectivity index (χ0n) is 19.4. The van der Waals surface area contributed by atoms with Crippen molar-refractivity contribution in [2.24, 2.45) is 0 Å². The molecule has 0 saturated heterocycles. The Bertz CT molecular complexity index is 1280. The highest BCUT2D eigenvalue weighted by Crippen LogP contribution is 2.33. The van der Waals surface area contributed by atoms with Crippen molar-refractivity contribution in [1.29, 1.82) is 0 Å². The molecule has 0 aliphatic rings. The third-order valence-corrected chi connectivity index (χ3v) is 8.00. The summed E-state index contributed by atoms with van der Waals surface area (Å²) in [6.45, 7) is 5.49. The molecule has 1 atom stereocenters. The molecule has 0 aliphatic heterocycles. The topological polar surface area (TPSA) is 113 Å². The summed E-state index contributed by atoms with van der Waals surface area (Å²) in [4.78, 5) is 22.8. The molecule has 186 valence electrons. The maximum absolute atomic E-state index is 12.1. The molecule has 0 aliphatic carbocycles. The van der Waals surface area contributed by atoms with E-state index in [-0.39, 0.29) is 33.3 Å². The van der Waals surface area contributed by atoms with Gasteiger partial charge in [-0.15, -0.1) is 0 Å². The van der Waals surface area contributed by atoms with E-state index < -0.39 is 9.84 Å². The number of carbonyl (C=O) groups excluding carboxylic acids is 2. The smallest absolute Gasteiger partial charge is 0.255 e. The van der Waals surface area contributed by atoms with E-state index >= 15 is 0 Å². The number of phenolic OH excluding ortho intramolecular Hbond substituents is 1. The molecule has 2 amide bonds. The summed E-state index contributed by atoms with van der Waals surface area (Å²) >= 11 is 11.6. The molecule has 0 fully saturated rings. The Hall–Kier alpha value is -3.07. The molecular weight excluding hydrogens is 511 g/mol. The first-order valence-corrected chi connectivity index (χ1v) is 12.9. The molecule has 3 N–H and O–H groups in total. The lowest BCUT2D eigenvalue weighted by atomic mass is 10.1. The fourth-order valence-corrected chi connectivity index (χ4v) is 4.57. The molecule has 1 unspecified atom stereocenters. The molecule has 0 bridgehead atoms. The second kappa shape index (κ2) is 12.6. The predicted molar refractivity (Wildman–Crippen MR) is 140 cm³/mol. The van der Waals surface area contributed by atoms with Gasteiger partial charge in [0.1, 0.15) is 5.75 Å². The van der Waals surface area contributed by atoms with Crippen molar-refractivity contribution >= 4 is 56.7 Å². The molecule has 3 aromatic carbocycles. The normalized spacial score (nSPS) is 11.6. The highest BCUT2D eigenvalue weighted by atomic mass is 35.5. The van der Waals surface area contributed by atoms with Gasteiger partial charge in [-0.05, 0) is 62.7 Å².